The Bertz CT molecular complexity index is 914. The van der Waals surface area contributed by atoms with Crippen molar-refractivity contribution >= 4 is 32.5 Å². The summed E-state index contributed by atoms with van der Waals surface area (Å²) in [6, 6.07) is 9.86. The zero-order valence-electron chi connectivity index (χ0n) is 13.1. The molecule has 2 aromatic carbocycles. The third-order valence-electron chi connectivity index (χ3n) is 3.46. The van der Waals surface area contributed by atoms with Gasteiger partial charge < -0.3 is 35.8 Å². The van der Waals surface area contributed by atoms with Crippen LogP contribution in [0, 0.1) is 0 Å². The van der Waals surface area contributed by atoms with Gasteiger partial charge in [0.1, 0.15) is 0 Å². The average Bonchev–Trinajstić information content (AvgIpc) is 2.51. The Morgan fingerprint density at radius 2 is 1.50 bits per heavy atom. The van der Waals surface area contributed by atoms with Crippen LogP contribution in [0.15, 0.2) is 48.5 Å². The molecule has 2 rings (SSSR count). The Balaban J connectivity index is 2.73. The van der Waals surface area contributed by atoms with E-state index in [1.165, 1.54) is 30.3 Å². The molecule has 0 amide bonds. The molecule has 0 unspecified atom stereocenters. The van der Waals surface area contributed by atoms with Gasteiger partial charge in [-0.3, -0.25) is 9.13 Å². The van der Waals surface area contributed by atoms with Gasteiger partial charge >= 0.3 is 26.2 Å². The van der Waals surface area contributed by atoms with Crippen molar-refractivity contribution in [1.29, 1.82) is 0 Å². The molecule has 0 spiro atoms. The minimum atomic E-state index is -5.78. The Morgan fingerprint density at radius 3 is 2.00 bits per heavy atom. The summed E-state index contributed by atoms with van der Waals surface area (Å²) in [4.78, 5) is 51.4. The lowest BCUT2D eigenvalue weighted by Crippen LogP contribution is -2.33. The van der Waals surface area contributed by atoms with Gasteiger partial charge in [-0.05, 0) is 24.3 Å². The number of carbonyl (C=O) groups is 1. The standard InChI is InChI=1S/C14H16N2O8P2/c15-10-5-3-4-9(8-10)13(17)24-14(25(18,19)20,26(21,22)23)11-6-1-2-7-12(11)16/h1-8H,15-16H2,(H2,18,19,20)(H2,21,22,23). The molecule has 0 heterocycles. The molecule has 26 heavy (non-hydrogen) atoms. The molecule has 0 aliphatic carbocycles. The second-order valence-corrected chi connectivity index (χ2v) is 9.09. The van der Waals surface area contributed by atoms with E-state index in [1.807, 2.05) is 0 Å². The summed E-state index contributed by atoms with van der Waals surface area (Å²) < 4.78 is 29.0. The molecule has 0 aliphatic heterocycles. The van der Waals surface area contributed by atoms with E-state index in [2.05, 4.69) is 0 Å². The van der Waals surface area contributed by atoms with Crippen LogP contribution in [0.25, 0.3) is 0 Å². The van der Waals surface area contributed by atoms with E-state index in [0.717, 1.165) is 18.2 Å². The predicted molar refractivity (Wildman–Crippen MR) is 92.9 cm³/mol. The third kappa shape index (κ3) is 3.52. The maximum Gasteiger partial charge on any atom is 0.386 e. The number of rotatable bonds is 5. The summed E-state index contributed by atoms with van der Waals surface area (Å²) in [7, 11) is -11.6. The number of carbonyl (C=O) groups excluding carboxylic acids is 1. The van der Waals surface area contributed by atoms with Crippen LogP contribution in [0.1, 0.15) is 15.9 Å². The number of esters is 1. The first-order chi connectivity index (χ1) is 11.9. The normalized spacial score (nSPS) is 12.6. The molecule has 0 saturated carbocycles. The Kier molecular flexibility index (Phi) is 5.30. The highest BCUT2D eigenvalue weighted by molar-refractivity contribution is 7.71. The van der Waals surface area contributed by atoms with Crippen molar-refractivity contribution < 1.29 is 38.2 Å². The Labute approximate surface area is 147 Å². The fraction of sp³-hybridized carbons (Fsp3) is 0.0714. The van der Waals surface area contributed by atoms with Gasteiger partial charge in [-0.2, -0.15) is 0 Å². The molecular formula is C14H16N2O8P2. The Hall–Kier alpha value is -2.19. The van der Waals surface area contributed by atoms with Crippen LogP contribution in [0.5, 0.6) is 0 Å². The molecule has 0 aromatic heterocycles. The van der Waals surface area contributed by atoms with Gasteiger partial charge in [-0.25, -0.2) is 4.79 Å². The zero-order chi connectivity index (χ0) is 19.8. The fourth-order valence-electron chi connectivity index (χ4n) is 2.30. The van der Waals surface area contributed by atoms with Crippen LogP contribution in [-0.4, -0.2) is 25.5 Å². The lowest BCUT2D eigenvalue weighted by Gasteiger charge is -2.34. The summed E-state index contributed by atoms with van der Waals surface area (Å²) >= 11 is 0. The highest BCUT2D eigenvalue weighted by Gasteiger charge is 2.66. The average molecular weight is 402 g/mol. The highest BCUT2D eigenvalue weighted by Crippen LogP contribution is 2.75. The highest BCUT2D eigenvalue weighted by atomic mass is 31.2. The van der Waals surface area contributed by atoms with E-state index in [9.17, 15) is 33.5 Å². The van der Waals surface area contributed by atoms with E-state index < -0.39 is 31.8 Å². The summed E-state index contributed by atoms with van der Waals surface area (Å²) in [6.45, 7) is 0. The zero-order valence-corrected chi connectivity index (χ0v) is 14.9. The van der Waals surface area contributed by atoms with Gasteiger partial charge in [0, 0.05) is 16.9 Å². The van der Waals surface area contributed by atoms with Crippen molar-refractivity contribution in [1.82, 2.24) is 0 Å². The van der Waals surface area contributed by atoms with Gasteiger partial charge in [0.15, 0.2) is 0 Å². The number of ether oxygens (including phenoxy) is 1. The number of hydrogen-bond acceptors (Lipinski definition) is 6. The van der Waals surface area contributed by atoms with Crippen LogP contribution in [0.4, 0.5) is 11.4 Å². The number of hydrogen-bond donors (Lipinski definition) is 6. The lowest BCUT2D eigenvalue weighted by molar-refractivity contribution is 0.0230. The monoisotopic (exact) mass is 402 g/mol. The SMILES string of the molecule is Nc1cccc(C(=O)OC(c2ccccc2N)(P(=O)(O)O)P(=O)(O)O)c1. The second kappa shape index (κ2) is 6.85. The first kappa shape index (κ1) is 20.1. The van der Waals surface area contributed by atoms with Gasteiger partial charge in [0.2, 0.25) is 0 Å². The van der Waals surface area contributed by atoms with E-state index in [-0.39, 0.29) is 16.9 Å². The van der Waals surface area contributed by atoms with Gasteiger partial charge in [0.05, 0.1) is 5.56 Å². The molecule has 10 nitrogen and oxygen atoms in total. The van der Waals surface area contributed by atoms with Gasteiger partial charge in [-0.15, -0.1) is 0 Å². The largest absolute Gasteiger partial charge is 0.424 e. The number of benzene rings is 2. The van der Waals surface area contributed by atoms with E-state index in [1.54, 1.807) is 0 Å². The minimum absolute atomic E-state index is 0.136. The molecule has 0 aliphatic rings. The predicted octanol–water partition coefficient (Wildman–Crippen LogP) is 1.17. The molecule has 140 valence electrons. The molecular weight excluding hydrogens is 386 g/mol. The van der Waals surface area contributed by atoms with E-state index in [4.69, 9.17) is 16.2 Å². The summed E-state index contributed by atoms with van der Waals surface area (Å²) in [5, 5.41) is -3.60. The van der Waals surface area contributed by atoms with Crippen LogP contribution in [0.2, 0.25) is 0 Å². The van der Waals surface area contributed by atoms with E-state index in [0.29, 0.717) is 0 Å². The topological polar surface area (TPSA) is 193 Å². The van der Waals surface area contributed by atoms with Crippen molar-refractivity contribution in [2.45, 2.75) is 5.08 Å². The van der Waals surface area contributed by atoms with Crippen molar-refractivity contribution in [2.24, 2.45) is 0 Å². The number of nitrogens with two attached hydrogens (primary N) is 2. The van der Waals surface area contributed by atoms with Gasteiger partial charge in [0.25, 0.3) is 0 Å². The second-order valence-electron chi connectivity index (χ2n) is 5.30. The molecule has 0 atom stereocenters. The molecule has 8 N–H and O–H groups in total. The maximum absolute atomic E-state index is 12.4. The van der Waals surface area contributed by atoms with Crippen LogP contribution >= 0.6 is 15.2 Å². The van der Waals surface area contributed by atoms with Crippen molar-refractivity contribution in [3.05, 3.63) is 59.7 Å². The minimum Gasteiger partial charge on any atom is -0.424 e. The summed E-state index contributed by atoms with van der Waals surface area (Å²) in [5.74, 6) is -1.40. The fourth-order valence-corrected chi connectivity index (χ4v) is 5.10. The third-order valence-corrected chi connectivity index (χ3v) is 7.27. The molecule has 0 radical (unpaired) electrons. The van der Waals surface area contributed by atoms with Crippen LogP contribution in [0.3, 0.4) is 0 Å². The molecule has 2 aromatic rings. The number of anilines is 2. The first-order valence-corrected chi connectivity index (χ1v) is 10.2. The van der Waals surface area contributed by atoms with Crippen LogP contribution < -0.4 is 11.5 Å². The van der Waals surface area contributed by atoms with Crippen LogP contribution in [-0.2, 0) is 19.0 Å². The summed E-state index contributed by atoms with van der Waals surface area (Å²) in [6.07, 6.45) is 0. The number of para-hydroxylation sites is 1. The maximum atomic E-state index is 12.4. The first-order valence-electron chi connectivity index (χ1n) is 6.95. The van der Waals surface area contributed by atoms with Crippen molar-refractivity contribution in [2.75, 3.05) is 11.5 Å². The Morgan fingerprint density at radius 1 is 0.923 bits per heavy atom. The smallest absolute Gasteiger partial charge is 0.386 e. The molecule has 0 fully saturated rings. The van der Waals surface area contributed by atoms with E-state index >= 15 is 0 Å². The lowest BCUT2D eigenvalue weighted by atomic mass is 10.2. The summed E-state index contributed by atoms with van der Waals surface area (Å²) in [5.41, 5.74) is 9.97. The molecule has 0 bridgehead atoms. The van der Waals surface area contributed by atoms with Gasteiger partial charge in [-0.1, -0.05) is 24.3 Å². The number of nitrogen functional groups attached to an aromatic ring is 2. The molecule has 12 heteroatoms. The molecule has 0 saturated heterocycles. The van der Waals surface area contributed by atoms with Crippen molar-refractivity contribution in [3.63, 3.8) is 0 Å². The van der Waals surface area contributed by atoms with Crippen molar-refractivity contribution in [3.8, 4) is 0 Å². The quantitative estimate of drug-likeness (QED) is 0.240.